The Hall–Kier alpha value is -1.58. The van der Waals surface area contributed by atoms with Crippen molar-refractivity contribution >= 4 is 28.9 Å². The van der Waals surface area contributed by atoms with Crippen LogP contribution in [0.25, 0.3) is 0 Å². The van der Waals surface area contributed by atoms with Crippen molar-refractivity contribution in [2.24, 2.45) is 5.10 Å². The van der Waals surface area contributed by atoms with Gasteiger partial charge in [-0.1, -0.05) is 35.3 Å². The summed E-state index contributed by atoms with van der Waals surface area (Å²) in [5.74, 6) is 0. The van der Waals surface area contributed by atoms with Gasteiger partial charge in [-0.25, -0.2) is 4.98 Å². The molecule has 5 heteroatoms. The SMILES string of the molecule is Clc1ccc(C2CC(c3ccc(Cl)nc3)=NN2)cc1. The van der Waals surface area contributed by atoms with Crippen LogP contribution in [0.15, 0.2) is 47.7 Å². The molecule has 96 valence electrons. The van der Waals surface area contributed by atoms with Crippen molar-refractivity contribution in [2.75, 3.05) is 0 Å². The lowest BCUT2D eigenvalue weighted by Gasteiger charge is -2.09. The predicted molar refractivity (Wildman–Crippen MR) is 77.7 cm³/mol. The van der Waals surface area contributed by atoms with Gasteiger partial charge in [0, 0.05) is 23.2 Å². The van der Waals surface area contributed by atoms with Crippen LogP contribution in [0, 0.1) is 0 Å². The number of aromatic nitrogens is 1. The van der Waals surface area contributed by atoms with E-state index in [2.05, 4.69) is 15.5 Å². The number of hydrazone groups is 1. The minimum Gasteiger partial charge on any atom is -0.302 e. The number of halogens is 2. The smallest absolute Gasteiger partial charge is 0.129 e. The van der Waals surface area contributed by atoms with Gasteiger partial charge in [-0.2, -0.15) is 5.10 Å². The van der Waals surface area contributed by atoms with Gasteiger partial charge < -0.3 is 5.43 Å². The molecular formula is C14H11Cl2N3. The standard InChI is InChI=1S/C14H11Cl2N3/c15-11-4-1-9(2-5-11)12-7-13(19-18-12)10-3-6-14(16)17-8-10/h1-6,8,12,18H,7H2. The summed E-state index contributed by atoms with van der Waals surface area (Å²) < 4.78 is 0. The van der Waals surface area contributed by atoms with E-state index >= 15 is 0 Å². The second kappa shape index (κ2) is 5.19. The molecule has 0 saturated carbocycles. The first-order chi connectivity index (χ1) is 9.22. The van der Waals surface area contributed by atoms with Gasteiger partial charge in [-0.15, -0.1) is 0 Å². The van der Waals surface area contributed by atoms with Gasteiger partial charge in [0.25, 0.3) is 0 Å². The van der Waals surface area contributed by atoms with E-state index in [-0.39, 0.29) is 6.04 Å². The normalized spacial score (nSPS) is 18.0. The van der Waals surface area contributed by atoms with Crippen LogP contribution in [0.3, 0.4) is 0 Å². The minimum absolute atomic E-state index is 0.183. The summed E-state index contributed by atoms with van der Waals surface area (Å²) >= 11 is 11.7. The van der Waals surface area contributed by atoms with Crippen LogP contribution < -0.4 is 5.43 Å². The van der Waals surface area contributed by atoms with Crippen molar-refractivity contribution in [1.29, 1.82) is 0 Å². The summed E-state index contributed by atoms with van der Waals surface area (Å²) in [5.41, 5.74) is 6.29. The number of hydrogen-bond acceptors (Lipinski definition) is 3. The lowest BCUT2D eigenvalue weighted by molar-refractivity contribution is 0.620. The number of nitrogens with one attached hydrogen (secondary N) is 1. The molecule has 0 saturated heterocycles. The molecule has 1 atom stereocenters. The minimum atomic E-state index is 0.183. The van der Waals surface area contributed by atoms with E-state index in [1.807, 2.05) is 30.3 Å². The average Bonchev–Trinajstić information content (AvgIpc) is 2.90. The van der Waals surface area contributed by atoms with E-state index in [4.69, 9.17) is 23.2 Å². The first-order valence-electron chi connectivity index (χ1n) is 5.92. The molecule has 1 aliphatic rings. The molecule has 0 radical (unpaired) electrons. The van der Waals surface area contributed by atoms with E-state index in [0.717, 1.165) is 22.7 Å². The summed E-state index contributed by atoms with van der Waals surface area (Å²) in [7, 11) is 0. The second-order valence-electron chi connectivity index (χ2n) is 4.37. The summed E-state index contributed by atoms with van der Waals surface area (Å²) in [4.78, 5) is 4.07. The van der Waals surface area contributed by atoms with Crippen molar-refractivity contribution < 1.29 is 0 Å². The Morgan fingerprint density at radius 1 is 1.05 bits per heavy atom. The molecule has 0 bridgehead atoms. The Kier molecular flexibility index (Phi) is 3.40. The fourth-order valence-corrected chi connectivity index (χ4v) is 2.29. The van der Waals surface area contributed by atoms with Gasteiger partial charge in [0.1, 0.15) is 5.15 Å². The molecule has 2 heterocycles. The van der Waals surface area contributed by atoms with E-state index in [9.17, 15) is 0 Å². The molecule has 0 spiro atoms. The molecule has 1 unspecified atom stereocenters. The fourth-order valence-electron chi connectivity index (χ4n) is 2.06. The van der Waals surface area contributed by atoms with Crippen LogP contribution in [0.2, 0.25) is 10.2 Å². The topological polar surface area (TPSA) is 37.3 Å². The highest BCUT2D eigenvalue weighted by Crippen LogP contribution is 2.25. The van der Waals surface area contributed by atoms with Crippen molar-refractivity contribution in [3.63, 3.8) is 0 Å². The van der Waals surface area contributed by atoms with Crippen molar-refractivity contribution in [2.45, 2.75) is 12.5 Å². The van der Waals surface area contributed by atoms with Crippen molar-refractivity contribution in [3.05, 3.63) is 63.9 Å². The molecule has 0 fully saturated rings. The van der Waals surface area contributed by atoms with Crippen LogP contribution in [-0.2, 0) is 0 Å². The molecule has 0 amide bonds. The highest BCUT2D eigenvalue weighted by Gasteiger charge is 2.21. The number of pyridine rings is 1. The van der Waals surface area contributed by atoms with E-state index in [1.165, 1.54) is 5.56 Å². The van der Waals surface area contributed by atoms with Crippen molar-refractivity contribution in [3.8, 4) is 0 Å². The molecule has 1 aromatic heterocycles. The van der Waals surface area contributed by atoms with Gasteiger partial charge >= 0.3 is 0 Å². The lowest BCUT2D eigenvalue weighted by Crippen LogP contribution is -2.09. The maximum absolute atomic E-state index is 5.89. The third kappa shape index (κ3) is 2.72. The number of hydrogen-bond donors (Lipinski definition) is 1. The largest absolute Gasteiger partial charge is 0.302 e. The highest BCUT2D eigenvalue weighted by molar-refractivity contribution is 6.30. The molecule has 1 aliphatic heterocycles. The first-order valence-corrected chi connectivity index (χ1v) is 6.67. The molecule has 3 rings (SSSR count). The van der Waals surface area contributed by atoms with Gasteiger partial charge in [0.15, 0.2) is 0 Å². The van der Waals surface area contributed by atoms with Gasteiger partial charge in [0.2, 0.25) is 0 Å². The number of nitrogens with zero attached hydrogens (tertiary/aromatic N) is 2. The Labute approximate surface area is 121 Å². The Morgan fingerprint density at radius 3 is 2.53 bits per heavy atom. The third-order valence-electron chi connectivity index (χ3n) is 3.09. The molecule has 19 heavy (non-hydrogen) atoms. The molecular weight excluding hydrogens is 281 g/mol. The summed E-state index contributed by atoms with van der Waals surface area (Å²) in [5, 5.41) is 5.60. The predicted octanol–water partition coefficient (Wildman–Crippen LogP) is 3.83. The zero-order valence-electron chi connectivity index (χ0n) is 9.98. The molecule has 1 aromatic carbocycles. The summed E-state index contributed by atoms with van der Waals surface area (Å²) in [6.45, 7) is 0. The zero-order valence-corrected chi connectivity index (χ0v) is 11.5. The van der Waals surface area contributed by atoms with Crippen LogP contribution in [0.1, 0.15) is 23.6 Å². The molecule has 3 nitrogen and oxygen atoms in total. The van der Waals surface area contributed by atoms with E-state index in [0.29, 0.717) is 5.15 Å². The second-order valence-corrected chi connectivity index (χ2v) is 5.19. The van der Waals surface area contributed by atoms with Gasteiger partial charge in [-0.05, 0) is 29.8 Å². The molecule has 0 aliphatic carbocycles. The Morgan fingerprint density at radius 2 is 1.84 bits per heavy atom. The zero-order chi connectivity index (χ0) is 13.2. The van der Waals surface area contributed by atoms with E-state index < -0.39 is 0 Å². The van der Waals surface area contributed by atoms with Gasteiger partial charge in [0.05, 0.1) is 11.8 Å². The molecule has 2 aromatic rings. The van der Waals surface area contributed by atoms with Crippen LogP contribution >= 0.6 is 23.2 Å². The van der Waals surface area contributed by atoms with Crippen LogP contribution in [-0.4, -0.2) is 10.7 Å². The van der Waals surface area contributed by atoms with Crippen molar-refractivity contribution in [1.82, 2.24) is 10.4 Å². The first kappa shape index (κ1) is 12.5. The Bertz CT molecular complexity index is 606. The average molecular weight is 292 g/mol. The maximum Gasteiger partial charge on any atom is 0.129 e. The highest BCUT2D eigenvalue weighted by atomic mass is 35.5. The third-order valence-corrected chi connectivity index (χ3v) is 3.56. The molecule has 1 N–H and O–H groups in total. The van der Waals surface area contributed by atoms with E-state index in [1.54, 1.807) is 12.3 Å². The van der Waals surface area contributed by atoms with Gasteiger partial charge in [-0.3, -0.25) is 0 Å². The monoisotopic (exact) mass is 291 g/mol. The summed E-state index contributed by atoms with van der Waals surface area (Å²) in [6.07, 6.45) is 2.57. The quantitative estimate of drug-likeness (QED) is 0.854. The number of rotatable bonds is 2. The fraction of sp³-hybridized carbons (Fsp3) is 0.143. The van der Waals surface area contributed by atoms with Crippen LogP contribution in [0.4, 0.5) is 0 Å². The summed E-state index contributed by atoms with van der Waals surface area (Å²) in [6, 6.07) is 11.7. The van der Waals surface area contributed by atoms with Crippen LogP contribution in [0.5, 0.6) is 0 Å². The Balaban J connectivity index is 1.76. The lowest BCUT2D eigenvalue weighted by atomic mass is 10.0. The maximum atomic E-state index is 5.89. The number of benzene rings is 1.